The number of aryl methyl sites for hydroxylation is 1. The Labute approximate surface area is 88.7 Å². The van der Waals surface area contributed by atoms with Gasteiger partial charge in [-0.15, -0.1) is 0 Å². The van der Waals surface area contributed by atoms with Crippen molar-refractivity contribution >= 4 is 23.2 Å². The van der Waals surface area contributed by atoms with Gasteiger partial charge < -0.3 is 24.8 Å². The minimum absolute atomic E-state index is 0. The van der Waals surface area contributed by atoms with E-state index in [-0.39, 0.29) is 24.8 Å². The normalized spacial score (nSPS) is 7.91. The molecular formula is C7H6Cl4-2. The van der Waals surface area contributed by atoms with Gasteiger partial charge in [0.15, 0.2) is 0 Å². The van der Waals surface area contributed by atoms with Crippen molar-refractivity contribution in [1.82, 2.24) is 0 Å². The molecule has 0 nitrogen and oxygen atoms in total. The van der Waals surface area contributed by atoms with Crippen molar-refractivity contribution in [2.45, 2.75) is 6.92 Å². The summed E-state index contributed by atoms with van der Waals surface area (Å²) in [5, 5.41) is 1.41. The van der Waals surface area contributed by atoms with Crippen LogP contribution in [0.1, 0.15) is 5.56 Å². The maximum atomic E-state index is 5.73. The molecule has 0 fully saturated rings. The minimum Gasteiger partial charge on any atom is -1.00 e. The first kappa shape index (κ1) is 13.9. The predicted molar refractivity (Wildman–Crippen MR) is 41.2 cm³/mol. The maximum absolute atomic E-state index is 5.73. The second-order valence-corrected chi connectivity index (χ2v) is 2.74. The Balaban J connectivity index is 0. The van der Waals surface area contributed by atoms with Crippen LogP contribution in [0.4, 0.5) is 0 Å². The van der Waals surface area contributed by atoms with Crippen molar-refractivity contribution in [1.29, 1.82) is 0 Å². The van der Waals surface area contributed by atoms with E-state index in [2.05, 4.69) is 0 Å². The van der Waals surface area contributed by atoms with Crippen LogP contribution in [-0.2, 0) is 0 Å². The van der Waals surface area contributed by atoms with Gasteiger partial charge in [0, 0.05) is 10.0 Å². The molecular weight excluding hydrogens is 226 g/mol. The lowest BCUT2D eigenvalue weighted by molar-refractivity contribution is -0.00100. The summed E-state index contributed by atoms with van der Waals surface area (Å²) in [7, 11) is 0. The van der Waals surface area contributed by atoms with E-state index < -0.39 is 0 Å². The van der Waals surface area contributed by atoms with Gasteiger partial charge in [0.2, 0.25) is 0 Å². The summed E-state index contributed by atoms with van der Waals surface area (Å²) in [4.78, 5) is 0. The van der Waals surface area contributed by atoms with E-state index in [0.717, 1.165) is 10.6 Å². The van der Waals surface area contributed by atoms with Gasteiger partial charge in [-0.1, -0.05) is 29.3 Å². The summed E-state index contributed by atoms with van der Waals surface area (Å²) in [6.07, 6.45) is 0. The minimum atomic E-state index is 0. The fraction of sp³-hybridized carbons (Fsp3) is 0.143. The molecule has 0 bridgehead atoms. The lowest BCUT2D eigenvalue weighted by Gasteiger charge is -1.94. The number of rotatable bonds is 0. The Bertz CT molecular complexity index is 222. The quantitative estimate of drug-likeness (QED) is 0.457. The molecule has 1 aromatic carbocycles. The highest BCUT2D eigenvalue weighted by Gasteiger charge is 1.92. The summed E-state index contributed by atoms with van der Waals surface area (Å²) >= 11 is 11.4. The van der Waals surface area contributed by atoms with Crippen molar-refractivity contribution in [2.24, 2.45) is 0 Å². The third kappa shape index (κ3) is 4.07. The van der Waals surface area contributed by atoms with Gasteiger partial charge in [0.05, 0.1) is 0 Å². The molecule has 64 valence electrons. The first-order valence-corrected chi connectivity index (χ1v) is 3.37. The van der Waals surface area contributed by atoms with E-state index in [9.17, 15) is 0 Å². The molecule has 4 heteroatoms. The average molecular weight is 232 g/mol. The second-order valence-electron chi connectivity index (χ2n) is 1.89. The molecule has 0 heterocycles. The molecule has 1 rings (SSSR count). The van der Waals surface area contributed by atoms with Crippen LogP contribution in [0.3, 0.4) is 0 Å². The molecule has 0 amide bonds. The van der Waals surface area contributed by atoms with Gasteiger partial charge >= 0.3 is 0 Å². The van der Waals surface area contributed by atoms with Crippen molar-refractivity contribution < 1.29 is 24.8 Å². The summed E-state index contributed by atoms with van der Waals surface area (Å²) in [6, 6.07) is 5.45. The van der Waals surface area contributed by atoms with Crippen LogP contribution in [0, 0.1) is 6.92 Å². The topological polar surface area (TPSA) is 0 Å². The molecule has 0 aliphatic carbocycles. The third-order valence-corrected chi connectivity index (χ3v) is 1.78. The Kier molecular flexibility index (Phi) is 7.55. The first-order valence-electron chi connectivity index (χ1n) is 2.62. The zero-order valence-electron chi connectivity index (χ0n) is 5.74. The van der Waals surface area contributed by atoms with Gasteiger partial charge in [0.1, 0.15) is 0 Å². The average Bonchev–Trinajstić information content (AvgIpc) is 1.80. The Morgan fingerprint density at radius 1 is 1.09 bits per heavy atom. The van der Waals surface area contributed by atoms with E-state index in [4.69, 9.17) is 23.2 Å². The molecule has 0 spiro atoms. The van der Waals surface area contributed by atoms with E-state index in [1.165, 1.54) is 0 Å². The zero-order valence-corrected chi connectivity index (χ0v) is 8.77. The molecule has 0 radical (unpaired) electrons. The number of benzene rings is 1. The summed E-state index contributed by atoms with van der Waals surface area (Å²) < 4.78 is 0. The van der Waals surface area contributed by atoms with Crippen molar-refractivity contribution in [2.75, 3.05) is 0 Å². The van der Waals surface area contributed by atoms with Crippen molar-refractivity contribution in [3.8, 4) is 0 Å². The van der Waals surface area contributed by atoms with Gasteiger partial charge in [-0.3, -0.25) is 0 Å². The summed E-state index contributed by atoms with van der Waals surface area (Å²) in [5.41, 5.74) is 1.06. The fourth-order valence-corrected chi connectivity index (χ4v) is 0.976. The van der Waals surface area contributed by atoms with E-state index >= 15 is 0 Å². The van der Waals surface area contributed by atoms with Gasteiger partial charge in [-0.2, -0.15) is 0 Å². The highest BCUT2D eigenvalue weighted by Crippen LogP contribution is 2.19. The standard InChI is InChI=1S/C7H6Cl2.2ClH/c1-5-2-3-6(8)4-7(5)9;;/h2-4H,1H3;2*1H/p-2. The van der Waals surface area contributed by atoms with Crippen LogP contribution in [0.2, 0.25) is 10.0 Å². The van der Waals surface area contributed by atoms with Gasteiger partial charge in [-0.25, -0.2) is 0 Å². The summed E-state index contributed by atoms with van der Waals surface area (Å²) in [5.74, 6) is 0. The van der Waals surface area contributed by atoms with Crippen LogP contribution in [-0.4, -0.2) is 0 Å². The predicted octanol–water partition coefficient (Wildman–Crippen LogP) is -2.69. The molecule has 0 saturated heterocycles. The van der Waals surface area contributed by atoms with Crippen LogP contribution in [0.15, 0.2) is 18.2 Å². The number of hydrogen-bond donors (Lipinski definition) is 0. The second kappa shape index (κ2) is 5.96. The maximum Gasteiger partial charge on any atom is 0.0449 e. The molecule has 0 aliphatic heterocycles. The smallest absolute Gasteiger partial charge is 0.0449 e. The fourth-order valence-electron chi connectivity index (χ4n) is 0.567. The Morgan fingerprint density at radius 3 is 2.00 bits per heavy atom. The van der Waals surface area contributed by atoms with Crippen LogP contribution in [0.25, 0.3) is 0 Å². The Morgan fingerprint density at radius 2 is 1.64 bits per heavy atom. The number of halogens is 4. The van der Waals surface area contributed by atoms with Gasteiger partial charge in [-0.05, 0) is 24.6 Å². The third-order valence-electron chi connectivity index (χ3n) is 1.13. The molecule has 1 aromatic rings. The SMILES string of the molecule is Cc1ccc(Cl)cc1Cl.[Cl-].[Cl-]. The molecule has 0 unspecified atom stereocenters. The van der Waals surface area contributed by atoms with Crippen molar-refractivity contribution in [3.05, 3.63) is 33.8 Å². The Hall–Kier alpha value is 0.380. The van der Waals surface area contributed by atoms with E-state index in [1.54, 1.807) is 6.07 Å². The monoisotopic (exact) mass is 230 g/mol. The van der Waals surface area contributed by atoms with E-state index in [0.29, 0.717) is 5.02 Å². The van der Waals surface area contributed by atoms with Crippen LogP contribution < -0.4 is 24.8 Å². The summed E-state index contributed by atoms with van der Waals surface area (Å²) in [6.45, 7) is 1.94. The van der Waals surface area contributed by atoms with Gasteiger partial charge in [0.25, 0.3) is 0 Å². The highest BCUT2D eigenvalue weighted by molar-refractivity contribution is 6.35. The molecule has 0 N–H and O–H groups in total. The lowest BCUT2D eigenvalue weighted by atomic mass is 10.2. The lowest BCUT2D eigenvalue weighted by Crippen LogP contribution is -3.00. The van der Waals surface area contributed by atoms with Crippen LogP contribution in [0.5, 0.6) is 0 Å². The van der Waals surface area contributed by atoms with Crippen LogP contribution >= 0.6 is 23.2 Å². The van der Waals surface area contributed by atoms with Crippen molar-refractivity contribution in [3.63, 3.8) is 0 Å². The molecule has 0 aromatic heterocycles. The zero-order chi connectivity index (χ0) is 6.85. The first-order chi connectivity index (χ1) is 4.20. The molecule has 11 heavy (non-hydrogen) atoms. The molecule has 0 saturated carbocycles. The number of hydrogen-bond acceptors (Lipinski definition) is 0. The highest BCUT2D eigenvalue weighted by atomic mass is 35.5. The molecule has 0 aliphatic rings. The van der Waals surface area contributed by atoms with E-state index in [1.807, 2.05) is 19.1 Å². The molecule has 0 atom stereocenters. The largest absolute Gasteiger partial charge is 1.00 e.